The summed E-state index contributed by atoms with van der Waals surface area (Å²) >= 11 is 0. The highest BCUT2D eigenvalue weighted by Crippen LogP contribution is 2.23. The molecule has 1 amide bonds. The maximum atomic E-state index is 12.2. The number of carbonyl (C=O) groups excluding carboxylic acids is 1. The van der Waals surface area contributed by atoms with E-state index in [-0.39, 0.29) is 23.4 Å². The fraction of sp³-hybridized carbons (Fsp3) is 0.312. The summed E-state index contributed by atoms with van der Waals surface area (Å²) in [5.74, 6) is 0.502. The molecule has 0 fully saturated rings. The number of nitro groups is 1. The third kappa shape index (κ3) is 3.57. The van der Waals surface area contributed by atoms with Gasteiger partial charge in [0.05, 0.1) is 11.5 Å². The first-order valence-corrected chi connectivity index (χ1v) is 7.04. The summed E-state index contributed by atoms with van der Waals surface area (Å²) in [4.78, 5) is 22.6. The van der Waals surface area contributed by atoms with E-state index in [1.807, 2.05) is 0 Å². The number of nitrogens with one attached hydrogen (secondary N) is 1. The Balaban J connectivity index is 2.14. The number of amides is 1. The Bertz CT molecular complexity index is 749. The van der Waals surface area contributed by atoms with Crippen LogP contribution in [-0.2, 0) is 5.60 Å². The number of furan rings is 1. The van der Waals surface area contributed by atoms with Crippen molar-refractivity contribution in [3.63, 3.8) is 0 Å². The molecule has 2 rings (SSSR count). The van der Waals surface area contributed by atoms with Crippen LogP contribution in [-0.4, -0.2) is 22.5 Å². The van der Waals surface area contributed by atoms with Gasteiger partial charge in [0.25, 0.3) is 11.6 Å². The molecule has 23 heavy (non-hydrogen) atoms. The van der Waals surface area contributed by atoms with Crippen LogP contribution in [0.3, 0.4) is 0 Å². The Morgan fingerprint density at radius 3 is 2.61 bits per heavy atom. The van der Waals surface area contributed by atoms with E-state index in [1.54, 1.807) is 19.1 Å². The maximum absolute atomic E-state index is 12.2. The highest BCUT2D eigenvalue weighted by molar-refractivity contribution is 5.96. The van der Waals surface area contributed by atoms with Gasteiger partial charge >= 0.3 is 0 Å². The van der Waals surface area contributed by atoms with Gasteiger partial charge in [0, 0.05) is 17.2 Å². The van der Waals surface area contributed by atoms with Crippen LogP contribution in [0.2, 0.25) is 0 Å². The normalized spacial score (nSPS) is 13.4. The zero-order chi connectivity index (χ0) is 17.2. The lowest BCUT2D eigenvalue weighted by Crippen LogP contribution is -2.38. The van der Waals surface area contributed by atoms with Gasteiger partial charge < -0.3 is 14.8 Å². The van der Waals surface area contributed by atoms with Crippen molar-refractivity contribution in [3.05, 3.63) is 63.1 Å². The molecule has 2 aromatic rings. The third-order valence-electron chi connectivity index (χ3n) is 3.61. The molecular formula is C16H18N2O5. The van der Waals surface area contributed by atoms with Gasteiger partial charge in [0.2, 0.25) is 0 Å². The molecule has 0 saturated heterocycles. The fourth-order valence-corrected chi connectivity index (χ4v) is 2.23. The smallest absolute Gasteiger partial charge is 0.273 e. The topological polar surface area (TPSA) is 106 Å². The maximum Gasteiger partial charge on any atom is 0.273 e. The van der Waals surface area contributed by atoms with Crippen LogP contribution >= 0.6 is 0 Å². The molecule has 2 N–H and O–H groups in total. The van der Waals surface area contributed by atoms with E-state index in [2.05, 4.69) is 5.32 Å². The average molecular weight is 318 g/mol. The predicted molar refractivity (Wildman–Crippen MR) is 83.2 cm³/mol. The second kappa shape index (κ2) is 6.21. The molecular weight excluding hydrogens is 300 g/mol. The molecule has 1 unspecified atom stereocenters. The fourth-order valence-electron chi connectivity index (χ4n) is 2.23. The summed E-state index contributed by atoms with van der Waals surface area (Å²) in [5.41, 5.74) is -1.02. The van der Waals surface area contributed by atoms with Crippen molar-refractivity contribution in [2.75, 3.05) is 6.54 Å². The van der Waals surface area contributed by atoms with Crippen LogP contribution in [0.4, 0.5) is 5.69 Å². The molecule has 1 atom stereocenters. The van der Waals surface area contributed by atoms with E-state index in [4.69, 9.17) is 4.42 Å². The van der Waals surface area contributed by atoms with E-state index in [9.17, 15) is 20.0 Å². The van der Waals surface area contributed by atoms with Crippen molar-refractivity contribution in [2.24, 2.45) is 0 Å². The number of aliphatic hydroxyl groups is 1. The number of carbonyl (C=O) groups is 1. The molecule has 1 heterocycles. The lowest BCUT2D eigenvalue weighted by atomic mass is 10.0. The van der Waals surface area contributed by atoms with Crippen LogP contribution < -0.4 is 5.32 Å². The molecule has 7 heteroatoms. The van der Waals surface area contributed by atoms with E-state index in [1.165, 1.54) is 32.0 Å². The second-order valence-electron chi connectivity index (χ2n) is 5.57. The Hall–Kier alpha value is -2.67. The van der Waals surface area contributed by atoms with Gasteiger partial charge in [-0.15, -0.1) is 0 Å². The lowest BCUT2D eigenvalue weighted by Gasteiger charge is -2.21. The molecule has 0 spiro atoms. The number of rotatable bonds is 5. The molecule has 0 radical (unpaired) electrons. The Kier molecular flexibility index (Phi) is 4.51. The van der Waals surface area contributed by atoms with E-state index in [0.29, 0.717) is 11.5 Å². The van der Waals surface area contributed by atoms with Crippen molar-refractivity contribution >= 4 is 11.6 Å². The van der Waals surface area contributed by atoms with Gasteiger partial charge in [-0.2, -0.15) is 0 Å². The van der Waals surface area contributed by atoms with Gasteiger partial charge in [-0.25, -0.2) is 0 Å². The first-order valence-electron chi connectivity index (χ1n) is 7.04. The summed E-state index contributed by atoms with van der Waals surface area (Å²) in [6.07, 6.45) is 0. The van der Waals surface area contributed by atoms with Crippen LogP contribution in [0, 0.1) is 24.0 Å². The molecule has 0 aliphatic heterocycles. The van der Waals surface area contributed by atoms with Gasteiger partial charge in [0.15, 0.2) is 0 Å². The van der Waals surface area contributed by atoms with Crippen LogP contribution in [0.25, 0.3) is 0 Å². The first kappa shape index (κ1) is 16.7. The molecule has 1 aromatic heterocycles. The summed E-state index contributed by atoms with van der Waals surface area (Å²) < 4.78 is 5.37. The van der Waals surface area contributed by atoms with Crippen LogP contribution in [0.15, 0.2) is 34.7 Å². The van der Waals surface area contributed by atoms with Gasteiger partial charge in [-0.3, -0.25) is 14.9 Å². The number of nitrogens with zero attached hydrogens (tertiary/aromatic N) is 1. The highest BCUT2D eigenvalue weighted by atomic mass is 16.6. The first-order chi connectivity index (χ1) is 10.7. The monoisotopic (exact) mass is 318 g/mol. The van der Waals surface area contributed by atoms with Crippen molar-refractivity contribution in [3.8, 4) is 0 Å². The van der Waals surface area contributed by atoms with E-state index >= 15 is 0 Å². The van der Waals surface area contributed by atoms with Crippen molar-refractivity contribution in [2.45, 2.75) is 26.4 Å². The molecule has 0 saturated carbocycles. The molecule has 1 aromatic carbocycles. The van der Waals surface area contributed by atoms with Gasteiger partial charge in [0.1, 0.15) is 17.1 Å². The molecule has 0 aliphatic carbocycles. The SMILES string of the molecule is Cc1ccc(C(C)(O)CNC(=O)c2cccc([N+](=O)[O-])c2C)o1. The van der Waals surface area contributed by atoms with Crippen LogP contribution in [0.5, 0.6) is 0 Å². The minimum atomic E-state index is -1.38. The lowest BCUT2D eigenvalue weighted by molar-refractivity contribution is -0.385. The molecule has 0 aliphatic rings. The average Bonchev–Trinajstić information content (AvgIpc) is 2.92. The van der Waals surface area contributed by atoms with E-state index < -0.39 is 16.4 Å². The number of aryl methyl sites for hydroxylation is 1. The summed E-state index contributed by atoms with van der Waals surface area (Å²) in [5, 5.41) is 23.9. The molecule has 0 bridgehead atoms. The van der Waals surface area contributed by atoms with Gasteiger partial charge in [-0.05, 0) is 39.0 Å². The van der Waals surface area contributed by atoms with Crippen molar-refractivity contribution < 1.29 is 19.2 Å². The number of benzene rings is 1. The quantitative estimate of drug-likeness (QED) is 0.650. The minimum absolute atomic E-state index is 0.0824. The molecule has 7 nitrogen and oxygen atoms in total. The number of hydrogen-bond donors (Lipinski definition) is 2. The molecule has 122 valence electrons. The largest absolute Gasteiger partial charge is 0.463 e. The Labute approximate surface area is 133 Å². The van der Waals surface area contributed by atoms with Crippen LogP contribution in [0.1, 0.15) is 34.4 Å². The Morgan fingerprint density at radius 2 is 2.04 bits per heavy atom. The van der Waals surface area contributed by atoms with Crippen molar-refractivity contribution in [1.29, 1.82) is 0 Å². The summed E-state index contributed by atoms with van der Waals surface area (Å²) in [7, 11) is 0. The summed E-state index contributed by atoms with van der Waals surface area (Å²) in [6.45, 7) is 4.71. The second-order valence-corrected chi connectivity index (χ2v) is 5.57. The predicted octanol–water partition coefficient (Wildman–Crippen LogP) is 2.44. The number of hydrogen-bond acceptors (Lipinski definition) is 5. The van der Waals surface area contributed by atoms with E-state index in [0.717, 1.165) is 0 Å². The standard InChI is InChI=1S/C16H18N2O5/c1-10-7-8-14(23-10)16(3,20)9-17-15(19)12-5-4-6-13(11(12)2)18(21)22/h4-8,20H,9H2,1-3H3,(H,17,19). The highest BCUT2D eigenvalue weighted by Gasteiger charge is 2.28. The zero-order valence-electron chi connectivity index (χ0n) is 13.1. The zero-order valence-corrected chi connectivity index (χ0v) is 13.1. The van der Waals surface area contributed by atoms with Gasteiger partial charge in [-0.1, -0.05) is 6.07 Å². The third-order valence-corrected chi connectivity index (χ3v) is 3.61. The Morgan fingerprint density at radius 1 is 1.35 bits per heavy atom. The summed E-state index contributed by atoms with van der Waals surface area (Å²) in [6, 6.07) is 7.65. The number of nitro benzene ring substituents is 1. The minimum Gasteiger partial charge on any atom is -0.463 e. The van der Waals surface area contributed by atoms with Crippen molar-refractivity contribution in [1.82, 2.24) is 5.32 Å².